The van der Waals surface area contributed by atoms with E-state index in [9.17, 15) is 5.11 Å². The molecule has 0 radical (unpaired) electrons. The molecule has 0 aliphatic carbocycles. The van der Waals surface area contributed by atoms with Crippen LogP contribution in [0.2, 0.25) is 0 Å². The summed E-state index contributed by atoms with van der Waals surface area (Å²) < 4.78 is 11.9. The molecule has 1 fully saturated rings. The van der Waals surface area contributed by atoms with Gasteiger partial charge in [-0.15, -0.1) is 0 Å². The second-order valence-corrected chi connectivity index (χ2v) is 6.73. The van der Waals surface area contributed by atoms with Crippen molar-refractivity contribution >= 4 is 0 Å². The molecule has 2 aromatic rings. The van der Waals surface area contributed by atoms with Crippen LogP contribution >= 0.6 is 0 Å². The smallest absolute Gasteiger partial charge is 0.161 e. The Morgan fingerprint density at radius 1 is 1.04 bits per heavy atom. The first-order chi connectivity index (χ1) is 13.3. The molecule has 0 saturated carbocycles. The van der Waals surface area contributed by atoms with E-state index in [1.54, 1.807) is 0 Å². The zero-order valence-electron chi connectivity index (χ0n) is 16.1. The van der Waals surface area contributed by atoms with Gasteiger partial charge in [-0.2, -0.15) is 0 Å². The van der Waals surface area contributed by atoms with E-state index in [4.69, 9.17) is 9.47 Å². The number of benzene rings is 2. The van der Waals surface area contributed by atoms with Crippen molar-refractivity contribution in [3.05, 3.63) is 59.7 Å². The minimum absolute atomic E-state index is 0.171. The molecule has 2 N–H and O–H groups in total. The molecule has 0 unspecified atom stereocenters. The molecule has 0 spiro atoms. The lowest BCUT2D eigenvalue weighted by Crippen LogP contribution is -2.45. The Hall–Kier alpha value is -2.08. The molecule has 5 heteroatoms. The van der Waals surface area contributed by atoms with Crippen molar-refractivity contribution in [2.75, 3.05) is 39.4 Å². The quantitative estimate of drug-likeness (QED) is 0.711. The Morgan fingerprint density at radius 2 is 1.81 bits per heavy atom. The molecular weight excluding hydrogens is 340 g/mol. The fourth-order valence-electron chi connectivity index (χ4n) is 3.53. The minimum atomic E-state index is 0.171. The summed E-state index contributed by atoms with van der Waals surface area (Å²) in [4.78, 5) is 2.43. The van der Waals surface area contributed by atoms with Crippen molar-refractivity contribution in [1.29, 1.82) is 0 Å². The van der Waals surface area contributed by atoms with E-state index in [0.717, 1.165) is 49.7 Å². The van der Waals surface area contributed by atoms with Crippen molar-refractivity contribution in [3.8, 4) is 11.5 Å². The van der Waals surface area contributed by atoms with Gasteiger partial charge < -0.3 is 19.9 Å². The van der Waals surface area contributed by atoms with E-state index < -0.39 is 0 Å². The number of nitrogens with one attached hydrogen (secondary N) is 1. The zero-order valence-corrected chi connectivity index (χ0v) is 16.1. The van der Waals surface area contributed by atoms with Gasteiger partial charge in [0.1, 0.15) is 6.61 Å². The highest BCUT2D eigenvalue weighted by Crippen LogP contribution is 2.34. The van der Waals surface area contributed by atoms with Gasteiger partial charge in [0, 0.05) is 38.8 Å². The Bertz CT molecular complexity index is 687. The Kier molecular flexibility index (Phi) is 7.51. The third-order valence-corrected chi connectivity index (χ3v) is 4.88. The third-order valence-electron chi connectivity index (χ3n) is 4.88. The number of piperazine rings is 1. The fraction of sp³-hybridized carbons (Fsp3) is 0.455. The molecule has 5 nitrogen and oxygen atoms in total. The second kappa shape index (κ2) is 10.3. The van der Waals surface area contributed by atoms with Gasteiger partial charge in [-0.3, -0.25) is 4.90 Å². The number of hydrogen-bond acceptors (Lipinski definition) is 5. The van der Waals surface area contributed by atoms with Crippen LogP contribution in [0.3, 0.4) is 0 Å². The number of hydrogen-bond donors (Lipinski definition) is 2. The molecule has 2 aromatic carbocycles. The number of aliphatic hydroxyl groups is 1. The summed E-state index contributed by atoms with van der Waals surface area (Å²) in [5.74, 6) is 1.52. The molecule has 27 heavy (non-hydrogen) atoms. The average molecular weight is 370 g/mol. The number of aliphatic hydroxyl groups excluding tert-OH is 1. The van der Waals surface area contributed by atoms with Crippen LogP contribution in [0.15, 0.2) is 48.5 Å². The Morgan fingerprint density at radius 3 is 2.52 bits per heavy atom. The molecule has 1 heterocycles. The van der Waals surface area contributed by atoms with Crippen molar-refractivity contribution < 1.29 is 14.6 Å². The van der Waals surface area contributed by atoms with Gasteiger partial charge in [0.05, 0.1) is 6.61 Å². The summed E-state index contributed by atoms with van der Waals surface area (Å²) in [7, 11) is 0. The molecule has 1 aliphatic heterocycles. The molecule has 146 valence electrons. The lowest BCUT2D eigenvalue weighted by atomic mass is 10.0. The first kappa shape index (κ1) is 19.7. The van der Waals surface area contributed by atoms with Gasteiger partial charge >= 0.3 is 0 Å². The van der Waals surface area contributed by atoms with Gasteiger partial charge in [-0.1, -0.05) is 36.4 Å². The topological polar surface area (TPSA) is 54.0 Å². The van der Waals surface area contributed by atoms with E-state index in [2.05, 4.69) is 34.5 Å². The maximum atomic E-state index is 9.57. The van der Waals surface area contributed by atoms with Crippen LogP contribution in [0.1, 0.15) is 30.5 Å². The van der Waals surface area contributed by atoms with E-state index in [1.165, 1.54) is 5.56 Å². The van der Waals surface area contributed by atoms with E-state index in [1.807, 2.05) is 31.2 Å². The number of nitrogens with zero attached hydrogens (tertiary/aromatic N) is 1. The number of rotatable bonds is 9. The Balaban J connectivity index is 1.78. The highest BCUT2D eigenvalue weighted by molar-refractivity contribution is 5.44. The summed E-state index contributed by atoms with van der Waals surface area (Å²) in [6.45, 7) is 7.19. The van der Waals surface area contributed by atoms with Crippen molar-refractivity contribution in [2.45, 2.75) is 26.0 Å². The van der Waals surface area contributed by atoms with Crippen LogP contribution < -0.4 is 14.8 Å². The summed E-state index contributed by atoms with van der Waals surface area (Å²) in [5, 5.41) is 13.0. The molecule has 0 aromatic heterocycles. The molecule has 0 bridgehead atoms. The predicted molar refractivity (Wildman–Crippen MR) is 107 cm³/mol. The van der Waals surface area contributed by atoms with Crippen LogP contribution in [0.25, 0.3) is 0 Å². The van der Waals surface area contributed by atoms with Crippen LogP contribution in [0.5, 0.6) is 11.5 Å². The first-order valence-corrected chi connectivity index (χ1v) is 9.81. The molecule has 1 saturated heterocycles. The summed E-state index contributed by atoms with van der Waals surface area (Å²) in [6, 6.07) is 16.5. The number of ether oxygens (including phenoxy) is 2. The van der Waals surface area contributed by atoms with Gasteiger partial charge in [-0.05, 0) is 36.6 Å². The van der Waals surface area contributed by atoms with Crippen molar-refractivity contribution in [2.24, 2.45) is 0 Å². The van der Waals surface area contributed by atoms with Gasteiger partial charge in [0.2, 0.25) is 0 Å². The highest BCUT2D eigenvalue weighted by atomic mass is 16.5. The van der Waals surface area contributed by atoms with Gasteiger partial charge in [-0.25, -0.2) is 0 Å². The SMILES string of the molecule is CCOc1cc([C@H](CCO)N2CCNCC2)ccc1OCc1ccccc1. The first-order valence-electron chi connectivity index (χ1n) is 9.81. The van der Waals surface area contributed by atoms with Crippen LogP contribution in [-0.2, 0) is 6.61 Å². The molecular formula is C22H30N2O3. The fourth-order valence-corrected chi connectivity index (χ4v) is 3.53. The summed E-state index contributed by atoms with van der Waals surface area (Å²) in [5.41, 5.74) is 2.30. The molecule has 1 atom stereocenters. The van der Waals surface area contributed by atoms with Crippen LogP contribution in [0, 0.1) is 0 Å². The lowest BCUT2D eigenvalue weighted by Gasteiger charge is -2.35. The second-order valence-electron chi connectivity index (χ2n) is 6.73. The van der Waals surface area contributed by atoms with E-state index >= 15 is 0 Å². The largest absolute Gasteiger partial charge is 0.490 e. The van der Waals surface area contributed by atoms with Gasteiger partial charge in [0.25, 0.3) is 0 Å². The van der Waals surface area contributed by atoms with Gasteiger partial charge in [0.15, 0.2) is 11.5 Å². The normalized spacial score (nSPS) is 16.1. The molecule has 1 aliphatic rings. The third kappa shape index (κ3) is 5.45. The van der Waals surface area contributed by atoms with Crippen molar-refractivity contribution in [1.82, 2.24) is 10.2 Å². The monoisotopic (exact) mass is 370 g/mol. The molecule has 0 amide bonds. The van der Waals surface area contributed by atoms with Crippen molar-refractivity contribution in [3.63, 3.8) is 0 Å². The predicted octanol–water partition coefficient (Wildman–Crippen LogP) is 2.99. The summed E-state index contributed by atoms with van der Waals surface area (Å²) in [6.07, 6.45) is 0.718. The standard InChI is InChI=1S/C22H30N2O3/c1-2-26-22-16-19(20(10-15-25)24-13-11-23-12-14-24)8-9-21(22)27-17-18-6-4-3-5-7-18/h3-9,16,20,23,25H,2,10-15,17H2,1H3/t20-/m0/s1. The average Bonchev–Trinajstić information content (AvgIpc) is 2.73. The summed E-state index contributed by atoms with van der Waals surface area (Å²) >= 11 is 0. The minimum Gasteiger partial charge on any atom is -0.490 e. The molecule has 3 rings (SSSR count). The van der Waals surface area contributed by atoms with E-state index in [-0.39, 0.29) is 12.6 Å². The van der Waals surface area contributed by atoms with E-state index in [0.29, 0.717) is 13.2 Å². The van der Waals surface area contributed by atoms with Crippen LogP contribution in [-0.4, -0.2) is 49.4 Å². The Labute approximate surface area is 161 Å². The maximum Gasteiger partial charge on any atom is 0.161 e. The van der Waals surface area contributed by atoms with Crippen LogP contribution in [0.4, 0.5) is 0 Å². The lowest BCUT2D eigenvalue weighted by molar-refractivity contribution is 0.140. The zero-order chi connectivity index (χ0) is 18.9. The highest BCUT2D eigenvalue weighted by Gasteiger charge is 2.23. The maximum absolute atomic E-state index is 9.57.